The summed E-state index contributed by atoms with van der Waals surface area (Å²) in [4.78, 5) is 11.5. The number of nitrogens with zero attached hydrogens (tertiary/aromatic N) is 7. The number of nitrogens with one attached hydrogen (secondary N) is 1. The van der Waals surface area contributed by atoms with Crippen LogP contribution < -0.4 is 14.2 Å². The average molecular weight is 555 g/mol. The number of rotatable bonds is 9. The number of anilines is 1. The third-order valence-electron chi connectivity index (χ3n) is 6.89. The first-order valence-corrected chi connectivity index (χ1v) is 14.7. The molecule has 1 aliphatic rings. The highest BCUT2D eigenvalue weighted by molar-refractivity contribution is 7.92. The van der Waals surface area contributed by atoms with E-state index in [4.69, 9.17) is 14.5 Å². The molecule has 0 spiro atoms. The van der Waals surface area contributed by atoms with Crippen molar-refractivity contribution in [2.45, 2.75) is 26.3 Å². The van der Waals surface area contributed by atoms with Gasteiger partial charge >= 0.3 is 0 Å². The number of aromatic nitrogens is 6. The summed E-state index contributed by atoms with van der Waals surface area (Å²) in [6, 6.07) is 3.51. The fourth-order valence-corrected chi connectivity index (χ4v) is 5.61. The molecule has 208 valence electrons. The molecule has 0 saturated carbocycles. The van der Waals surface area contributed by atoms with Crippen molar-refractivity contribution in [2.24, 2.45) is 20.0 Å². The molecule has 0 bridgehead atoms. The molecule has 39 heavy (non-hydrogen) atoms. The number of hydrogen-bond acceptors (Lipinski definition) is 9. The highest BCUT2D eigenvalue weighted by Crippen LogP contribution is 2.33. The predicted octanol–water partition coefficient (Wildman–Crippen LogP) is 2.74. The SMILES string of the molecule is COc1ncc(-c2cc(OC[C@@H]3CCCN(Cc4cn(C)nc4C)C3)c3cnn(C)c3n2)cc1NS(C)(=O)=O. The van der Waals surface area contributed by atoms with Crippen molar-refractivity contribution in [3.8, 4) is 22.9 Å². The first-order chi connectivity index (χ1) is 18.6. The summed E-state index contributed by atoms with van der Waals surface area (Å²) >= 11 is 0. The largest absolute Gasteiger partial charge is 0.492 e. The molecule has 1 saturated heterocycles. The Balaban J connectivity index is 1.37. The van der Waals surface area contributed by atoms with Crippen LogP contribution in [0.15, 0.2) is 30.7 Å². The van der Waals surface area contributed by atoms with Crippen LogP contribution in [0.2, 0.25) is 0 Å². The highest BCUT2D eigenvalue weighted by Gasteiger charge is 2.23. The number of hydrogen-bond donors (Lipinski definition) is 1. The molecule has 0 aliphatic carbocycles. The van der Waals surface area contributed by atoms with Crippen LogP contribution >= 0.6 is 0 Å². The molecule has 4 aromatic rings. The standard InChI is InChI=1S/C26H34N8O4S/c1-17-20(14-32(2)30-17)15-34-8-6-7-18(13-34)16-38-24-10-22(29-25-21(24)12-28-33(25)3)19-9-23(31-39(5,35)36)26(37-4)27-11-19/h9-12,14,18,31H,6-8,13,15-16H2,1-5H3/t18-/m1/s1. The number of ether oxygens (including phenoxy) is 2. The Labute approximate surface area is 228 Å². The van der Waals surface area contributed by atoms with Crippen molar-refractivity contribution in [1.82, 2.24) is 34.4 Å². The molecule has 0 aromatic carbocycles. The van der Waals surface area contributed by atoms with E-state index in [9.17, 15) is 8.42 Å². The minimum atomic E-state index is -3.53. The van der Waals surface area contributed by atoms with Gasteiger partial charge in [0.15, 0.2) is 5.65 Å². The zero-order valence-electron chi connectivity index (χ0n) is 22.9. The lowest BCUT2D eigenvalue weighted by molar-refractivity contribution is 0.125. The maximum absolute atomic E-state index is 11.9. The molecule has 1 fully saturated rings. The number of likely N-dealkylation sites (tertiary alicyclic amines) is 1. The maximum Gasteiger partial charge on any atom is 0.238 e. The molecule has 1 N–H and O–H groups in total. The van der Waals surface area contributed by atoms with Gasteiger partial charge in [-0.1, -0.05) is 0 Å². The number of pyridine rings is 2. The van der Waals surface area contributed by atoms with Crippen LogP contribution in [-0.4, -0.2) is 75.9 Å². The Morgan fingerprint density at radius 1 is 1.21 bits per heavy atom. The van der Waals surface area contributed by atoms with E-state index in [-0.39, 0.29) is 11.6 Å². The van der Waals surface area contributed by atoms with Crippen molar-refractivity contribution in [3.63, 3.8) is 0 Å². The van der Waals surface area contributed by atoms with Crippen LogP contribution in [0.5, 0.6) is 11.6 Å². The quantitative estimate of drug-likeness (QED) is 0.332. The molecule has 5 rings (SSSR count). The molecule has 13 heteroatoms. The smallest absolute Gasteiger partial charge is 0.238 e. The van der Waals surface area contributed by atoms with Crippen molar-refractivity contribution in [3.05, 3.63) is 42.0 Å². The van der Waals surface area contributed by atoms with E-state index < -0.39 is 10.0 Å². The third kappa shape index (κ3) is 6.14. The molecular weight excluding hydrogens is 520 g/mol. The first-order valence-electron chi connectivity index (χ1n) is 12.8. The predicted molar refractivity (Wildman–Crippen MR) is 148 cm³/mol. The Kier molecular flexibility index (Phi) is 7.45. The molecule has 0 amide bonds. The maximum atomic E-state index is 11.9. The lowest BCUT2D eigenvalue weighted by Gasteiger charge is -2.32. The highest BCUT2D eigenvalue weighted by atomic mass is 32.2. The molecule has 1 atom stereocenters. The summed E-state index contributed by atoms with van der Waals surface area (Å²) in [5.74, 6) is 1.23. The molecule has 4 aromatic heterocycles. The van der Waals surface area contributed by atoms with Gasteiger partial charge in [0.25, 0.3) is 0 Å². The molecule has 5 heterocycles. The zero-order valence-corrected chi connectivity index (χ0v) is 23.7. The van der Waals surface area contributed by atoms with E-state index in [1.165, 1.54) is 12.7 Å². The van der Waals surface area contributed by atoms with Crippen molar-refractivity contribution in [1.29, 1.82) is 0 Å². The molecule has 0 unspecified atom stereocenters. The second-order valence-electron chi connectivity index (χ2n) is 10.1. The molecule has 0 radical (unpaired) electrons. The van der Waals surface area contributed by atoms with Gasteiger partial charge in [0.2, 0.25) is 15.9 Å². The van der Waals surface area contributed by atoms with Gasteiger partial charge in [0, 0.05) is 62.7 Å². The van der Waals surface area contributed by atoms with Gasteiger partial charge < -0.3 is 9.47 Å². The van der Waals surface area contributed by atoms with Crippen LogP contribution in [0.3, 0.4) is 0 Å². The Hall–Kier alpha value is -3.71. The Morgan fingerprint density at radius 3 is 2.74 bits per heavy atom. The second kappa shape index (κ2) is 10.8. The Morgan fingerprint density at radius 2 is 2.03 bits per heavy atom. The monoisotopic (exact) mass is 554 g/mol. The van der Waals surface area contributed by atoms with E-state index in [1.54, 1.807) is 23.1 Å². The lowest BCUT2D eigenvalue weighted by atomic mass is 9.98. The molecular formula is C26H34N8O4S. The van der Waals surface area contributed by atoms with E-state index in [1.807, 2.05) is 24.8 Å². The summed E-state index contributed by atoms with van der Waals surface area (Å²) in [5, 5.41) is 9.67. The topological polar surface area (TPSA) is 129 Å². The average Bonchev–Trinajstić information content (AvgIpc) is 3.42. The Bertz CT molecular complexity index is 1600. The van der Waals surface area contributed by atoms with Gasteiger partial charge in [-0.2, -0.15) is 10.2 Å². The van der Waals surface area contributed by atoms with Crippen LogP contribution in [-0.2, 0) is 30.7 Å². The van der Waals surface area contributed by atoms with E-state index in [2.05, 4.69) is 37.9 Å². The lowest BCUT2D eigenvalue weighted by Crippen LogP contribution is -2.37. The summed E-state index contributed by atoms with van der Waals surface area (Å²) in [6.45, 7) is 5.52. The van der Waals surface area contributed by atoms with E-state index in [0.717, 1.165) is 49.8 Å². The van der Waals surface area contributed by atoms with E-state index >= 15 is 0 Å². The van der Waals surface area contributed by atoms with Crippen LogP contribution in [0.4, 0.5) is 5.69 Å². The second-order valence-corrected chi connectivity index (χ2v) is 11.9. The van der Waals surface area contributed by atoms with Crippen molar-refractivity contribution in [2.75, 3.05) is 37.8 Å². The van der Waals surface area contributed by atoms with Gasteiger partial charge in [-0.15, -0.1) is 0 Å². The molecule has 1 aliphatic heterocycles. The van der Waals surface area contributed by atoms with Gasteiger partial charge in [-0.05, 0) is 32.4 Å². The summed E-state index contributed by atoms with van der Waals surface area (Å²) in [7, 11) is 1.68. The summed E-state index contributed by atoms with van der Waals surface area (Å²) in [5.41, 5.74) is 4.43. The number of aryl methyl sites for hydroxylation is 3. The normalized spacial score (nSPS) is 16.5. The molecule has 12 nitrogen and oxygen atoms in total. The van der Waals surface area contributed by atoms with Crippen LogP contribution in [0.25, 0.3) is 22.3 Å². The minimum absolute atomic E-state index is 0.172. The minimum Gasteiger partial charge on any atom is -0.492 e. The van der Waals surface area contributed by atoms with Gasteiger partial charge in [0.1, 0.15) is 11.4 Å². The van der Waals surface area contributed by atoms with Crippen molar-refractivity contribution >= 4 is 26.7 Å². The van der Waals surface area contributed by atoms with Gasteiger partial charge in [0.05, 0.1) is 42.9 Å². The number of methoxy groups -OCH3 is 1. The summed E-state index contributed by atoms with van der Waals surface area (Å²) in [6.07, 6.45) is 8.74. The van der Waals surface area contributed by atoms with Gasteiger partial charge in [-0.25, -0.2) is 18.4 Å². The first kappa shape index (κ1) is 26.9. The van der Waals surface area contributed by atoms with Gasteiger partial charge in [-0.3, -0.25) is 19.0 Å². The number of fused-ring (bicyclic) bond motifs is 1. The fourth-order valence-electron chi connectivity index (χ4n) is 5.06. The zero-order chi connectivity index (χ0) is 27.7. The summed E-state index contributed by atoms with van der Waals surface area (Å²) < 4.78 is 41.5. The number of piperidine rings is 1. The number of sulfonamides is 1. The van der Waals surface area contributed by atoms with Crippen LogP contribution in [0, 0.1) is 12.8 Å². The third-order valence-corrected chi connectivity index (χ3v) is 7.48. The van der Waals surface area contributed by atoms with Crippen LogP contribution in [0.1, 0.15) is 24.1 Å². The fraction of sp³-hybridized carbons (Fsp3) is 0.462. The van der Waals surface area contributed by atoms with Crippen molar-refractivity contribution < 1.29 is 17.9 Å². The van der Waals surface area contributed by atoms with E-state index in [0.29, 0.717) is 35.2 Å².